The van der Waals surface area contributed by atoms with Gasteiger partial charge in [0.1, 0.15) is 11.5 Å². The van der Waals surface area contributed by atoms with Crippen molar-refractivity contribution in [3.8, 4) is 17.2 Å². The molecule has 0 amide bonds. The van der Waals surface area contributed by atoms with Gasteiger partial charge in [-0.05, 0) is 52.9 Å². The summed E-state index contributed by atoms with van der Waals surface area (Å²) in [7, 11) is 0. The molecule has 2 aromatic carbocycles. The lowest BCUT2D eigenvalue weighted by Gasteiger charge is -2.11. The molecule has 0 saturated carbocycles. The van der Waals surface area contributed by atoms with Crippen molar-refractivity contribution in [2.45, 2.75) is 0 Å². The standard InChI is InChI=1S/C12H8Cl2INO2/c13-8-3-6(16)4-9(14)12(8)18-7-1-2-11(17)10(15)5-7/h1-5,17H,16H2. The molecule has 3 N–H and O–H groups in total. The fourth-order valence-electron chi connectivity index (χ4n) is 1.35. The van der Waals surface area contributed by atoms with Crippen LogP contribution in [0.3, 0.4) is 0 Å². The Labute approximate surface area is 128 Å². The van der Waals surface area contributed by atoms with Crippen LogP contribution in [-0.4, -0.2) is 5.11 Å². The SMILES string of the molecule is Nc1cc(Cl)c(Oc2ccc(O)c(I)c2)c(Cl)c1. The Balaban J connectivity index is 2.37. The summed E-state index contributed by atoms with van der Waals surface area (Å²) in [5.74, 6) is 1.07. The van der Waals surface area contributed by atoms with Gasteiger partial charge in [-0.15, -0.1) is 0 Å². The van der Waals surface area contributed by atoms with Crippen molar-refractivity contribution in [1.82, 2.24) is 0 Å². The van der Waals surface area contributed by atoms with Crippen molar-refractivity contribution < 1.29 is 9.84 Å². The van der Waals surface area contributed by atoms with Gasteiger partial charge in [0.15, 0.2) is 5.75 Å². The largest absolute Gasteiger partial charge is 0.507 e. The summed E-state index contributed by atoms with van der Waals surface area (Å²) in [5, 5.41) is 10.1. The summed E-state index contributed by atoms with van der Waals surface area (Å²) in [5.41, 5.74) is 6.08. The Morgan fingerprint density at radius 2 is 1.72 bits per heavy atom. The second-order valence-corrected chi connectivity index (χ2v) is 5.51. The van der Waals surface area contributed by atoms with E-state index < -0.39 is 0 Å². The van der Waals surface area contributed by atoms with E-state index in [9.17, 15) is 5.11 Å². The van der Waals surface area contributed by atoms with E-state index >= 15 is 0 Å². The zero-order valence-corrected chi connectivity index (χ0v) is 12.6. The van der Waals surface area contributed by atoms with Crippen LogP contribution in [0, 0.1) is 3.57 Å². The van der Waals surface area contributed by atoms with Crippen molar-refractivity contribution in [1.29, 1.82) is 0 Å². The van der Waals surface area contributed by atoms with Crippen LogP contribution in [0.5, 0.6) is 17.2 Å². The maximum absolute atomic E-state index is 9.42. The van der Waals surface area contributed by atoms with E-state index in [1.165, 1.54) is 6.07 Å². The van der Waals surface area contributed by atoms with E-state index in [0.29, 0.717) is 30.8 Å². The highest BCUT2D eigenvalue weighted by molar-refractivity contribution is 14.1. The molecule has 0 bridgehead atoms. The zero-order valence-electron chi connectivity index (χ0n) is 8.95. The predicted octanol–water partition coefficient (Wildman–Crippen LogP) is 4.68. The molecular weight excluding hydrogens is 388 g/mol. The first kappa shape index (κ1) is 13.6. The van der Waals surface area contributed by atoms with Crippen LogP contribution in [0.15, 0.2) is 30.3 Å². The molecular formula is C12H8Cl2INO2. The van der Waals surface area contributed by atoms with Crippen LogP contribution < -0.4 is 10.5 Å². The number of benzene rings is 2. The molecule has 18 heavy (non-hydrogen) atoms. The van der Waals surface area contributed by atoms with Gasteiger partial charge in [0.25, 0.3) is 0 Å². The molecule has 0 spiro atoms. The van der Waals surface area contributed by atoms with Crippen molar-refractivity contribution >= 4 is 51.5 Å². The predicted molar refractivity (Wildman–Crippen MR) is 81.8 cm³/mol. The minimum Gasteiger partial charge on any atom is -0.507 e. The molecule has 0 aromatic heterocycles. The number of halogens is 3. The number of phenolic OH excluding ortho intramolecular Hbond substituents is 1. The molecule has 0 fully saturated rings. The van der Waals surface area contributed by atoms with Crippen LogP contribution in [0.25, 0.3) is 0 Å². The third-order valence-electron chi connectivity index (χ3n) is 2.16. The maximum Gasteiger partial charge on any atom is 0.164 e. The van der Waals surface area contributed by atoms with Gasteiger partial charge in [-0.3, -0.25) is 0 Å². The van der Waals surface area contributed by atoms with Gasteiger partial charge in [0.05, 0.1) is 13.6 Å². The van der Waals surface area contributed by atoms with Gasteiger partial charge in [-0.2, -0.15) is 0 Å². The van der Waals surface area contributed by atoms with Crippen molar-refractivity contribution in [2.75, 3.05) is 5.73 Å². The topological polar surface area (TPSA) is 55.5 Å². The molecule has 0 unspecified atom stereocenters. The van der Waals surface area contributed by atoms with Crippen molar-refractivity contribution in [3.63, 3.8) is 0 Å². The fourth-order valence-corrected chi connectivity index (χ4v) is 2.41. The first-order chi connectivity index (χ1) is 8.47. The fraction of sp³-hybridized carbons (Fsp3) is 0. The minimum absolute atomic E-state index is 0.192. The Hall–Kier alpha value is -0.850. The third kappa shape index (κ3) is 2.93. The summed E-state index contributed by atoms with van der Waals surface area (Å²) in [4.78, 5) is 0. The number of anilines is 1. The highest BCUT2D eigenvalue weighted by atomic mass is 127. The quantitative estimate of drug-likeness (QED) is 0.573. The Bertz CT molecular complexity index is 582. The number of phenols is 1. The minimum atomic E-state index is 0.192. The molecule has 0 aliphatic carbocycles. The highest BCUT2D eigenvalue weighted by Gasteiger charge is 2.10. The van der Waals surface area contributed by atoms with Gasteiger partial charge >= 0.3 is 0 Å². The summed E-state index contributed by atoms with van der Waals surface area (Å²) in [6.45, 7) is 0. The molecule has 6 heteroatoms. The average molecular weight is 396 g/mol. The monoisotopic (exact) mass is 395 g/mol. The van der Waals surface area contributed by atoms with Gasteiger partial charge < -0.3 is 15.6 Å². The van der Waals surface area contributed by atoms with Crippen LogP contribution in [0.4, 0.5) is 5.69 Å². The number of aromatic hydroxyl groups is 1. The Morgan fingerprint density at radius 1 is 1.11 bits per heavy atom. The van der Waals surface area contributed by atoms with E-state index in [1.54, 1.807) is 24.3 Å². The molecule has 0 aliphatic heterocycles. The zero-order chi connectivity index (χ0) is 13.3. The normalized spacial score (nSPS) is 10.4. The second-order valence-electron chi connectivity index (χ2n) is 3.53. The summed E-state index contributed by atoms with van der Waals surface area (Å²) < 4.78 is 6.27. The van der Waals surface area contributed by atoms with E-state index in [1.807, 2.05) is 22.6 Å². The molecule has 2 aromatic rings. The van der Waals surface area contributed by atoms with Crippen LogP contribution >= 0.6 is 45.8 Å². The number of ether oxygens (including phenoxy) is 1. The maximum atomic E-state index is 9.42. The smallest absolute Gasteiger partial charge is 0.164 e. The Morgan fingerprint density at radius 3 is 2.28 bits per heavy atom. The molecule has 0 radical (unpaired) electrons. The molecule has 0 atom stereocenters. The van der Waals surface area contributed by atoms with Crippen molar-refractivity contribution in [2.24, 2.45) is 0 Å². The highest BCUT2D eigenvalue weighted by Crippen LogP contribution is 2.38. The lowest BCUT2D eigenvalue weighted by atomic mass is 10.3. The number of rotatable bonds is 2. The van der Waals surface area contributed by atoms with Gasteiger partial charge in [-0.1, -0.05) is 23.2 Å². The second kappa shape index (κ2) is 5.42. The lowest BCUT2D eigenvalue weighted by molar-refractivity contribution is 0.461. The van der Waals surface area contributed by atoms with Gasteiger partial charge in [0, 0.05) is 5.69 Å². The van der Waals surface area contributed by atoms with Crippen LogP contribution in [0.1, 0.15) is 0 Å². The molecule has 2 rings (SSSR count). The van der Waals surface area contributed by atoms with E-state index in [0.717, 1.165) is 0 Å². The summed E-state index contributed by atoms with van der Waals surface area (Å²) >= 11 is 14.0. The first-order valence-electron chi connectivity index (χ1n) is 4.88. The third-order valence-corrected chi connectivity index (χ3v) is 3.59. The molecule has 0 aliphatic rings. The summed E-state index contributed by atoms with van der Waals surface area (Å²) in [6.07, 6.45) is 0. The van der Waals surface area contributed by atoms with E-state index in [4.69, 9.17) is 33.7 Å². The van der Waals surface area contributed by atoms with Crippen LogP contribution in [-0.2, 0) is 0 Å². The number of hydrogen-bond acceptors (Lipinski definition) is 3. The number of nitrogens with two attached hydrogens (primary N) is 1. The van der Waals surface area contributed by atoms with Crippen molar-refractivity contribution in [3.05, 3.63) is 43.9 Å². The molecule has 94 valence electrons. The first-order valence-corrected chi connectivity index (χ1v) is 6.71. The number of nitrogen functional groups attached to an aromatic ring is 1. The van der Waals surface area contributed by atoms with E-state index in [2.05, 4.69) is 0 Å². The van der Waals surface area contributed by atoms with E-state index in [-0.39, 0.29) is 5.75 Å². The lowest BCUT2D eigenvalue weighted by Crippen LogP contribution is -1.90. The average Bonchev–Trinajstić information content (AvgIpc) is 2.28. The van der Waals surface area contributed by atoms with Gasteiger partial charge in [-0.25, -0.2) is 0 Å². The number of hydrogen-bond donors (Lipinski definition) is 2. The molecule has 0 heterocycles. The van der Waals surface area contributed by atoms with Gasteiger partial charge in [0.2, 0.25) is 0 Å². The summed E-state index contributed by atoms with van der Waals surface area (Å²) in [6, 6.07) is 7.97. The van der Waals surface area contributed by atoms with Crippen LogP contribution in [0.2, 0.25) is 10.0 Å². The Kier molecular flexibility index (Phi) is 4.09. The molecule has 3 nitrogen and oxygen atoms in total. The molecule has 0 saturated heterocycles.